The second-order valence-corrected chi connectivity index (χ2v) is 8.97. The van der Waals surface area contributed by atoms with Crippen LogP contribution in [0.3, 0.4) is 0 Å². The van der Waals surface area contributed by atoms with Crippen LogP contribution in [0.4, 0.5) is 20.2 Å². The molecule has 188 valence electrons. The monoisotopic (exact) mass is 483 g/mol. The molecular formula is C28H35F2N3O2. The van der Waals surface area contributed by atoms with Crippen LogP contribution in [0.1, 0.15) is 72.6 Å². The fourth-order valence-corrected chi connectivity index (χ4v) is 5.26. The highest BCUT2D eigenvalue weighted by Crippen LogP contribution is 2.42. The number of benzene rings is 2. The number of ether oxygens (including phenoxy) is 1. The number of carbonyl (C=O) groups excluding carboxylic acids is 1. The zero-order valence-electron chi connectivity index (χ0n) is 21.0. The summed E-state index contributed by atoms with van der Waals surface area (Å²) >= 11 is 0. The Balaban J connectivity index is 0.00000141. The Morgan fingerprint density at radius 3 is 2.54 bits per heavy atom. The topological polar surface area (TPSA) is 46.5 Å². The second kappa shape index (κ2) is 10.8. The first kappa shape index (κ1) is 25.2. The van der Waals surface area contributed by atoms with Crippen LogP contribution in [0.5, 0.6) is 0 Å². The molecule has 3 heterocycles. The minimum atomic E-state index is -2.51. The molecule has 2 aromatic carbocycles. The molecule has 1 N–H and O–H groups in total. The number of carbonyl (C=O) groups is 1. The lowest BCUT2D eigenvalue weighted by Crippen LogP contribution is -2.25. The molecule has 0 aliphatic carbocycles. The van der Waals surface area contributed by atoms with Gasteiger partial charge in [-0.2, -0.15) is 0 Å². The molecule has 1 fully saturated rings. The van der Waals surface area contributed by atoms with Crippen molar-refractivity contribution in [1.29, 1.82) is 0 Å². The van der Waals surface area contributed by atoms with Crippen LogP contribution in [0.25, 0.3) is 10.9 Å². The van der Waals surface area contributed by atoms with Crippen LogP contribution in [0.2, 0.25) is 0 Å². The highest BCUT2D eigenvalue weighted by molar-refractivity contribution is 6.03. The molecule has 2 aliphatic rings. The number of aryl methyl sites for hydroxylation is 2. The number of anilines is 2. The molecule has 5 rings (SSSR count). The predicted octanol–water partition coefficient (Wildman–Crippen LogP) is 6.71. The summed E-state index contributed by atoms with van der Waals surface area (Å²) in [5, 5.41) is 3.66. The van der Waals surface area contributed by atoms with Gasteiger partial charge in [0, 0.05) is 61.2 Å². The summed E-state index contributed by atoms with van der Waals surface area (Å²) in [6, 6.07) is 9.66. The molecule has 0 saturated carbocycles. The lowest BCUT2D eigenvalue weighted by Gasteiger charge is -2.32. The van der Waals surface area contributed by atoms with Crippen molar-refractivity contribution < 1.29 is 18.3 Å². The first-order valence-corrected chi connectivity index (χ1v) is 12.6. The van der Waals surface area contributed by atoms with Gasteiger partial charge in [-0.3, -0.25) is 4.79 Å². The predicted molar refractivity (Wildman–Crippen MR) is 137 cm³/mol. The van der Waals surface area contributed by atoms with E-state index in [-0.39, 0.29) is 11.5 Å². The van der Waals surface area contributed by atoms with Crippen molar-refractivity contribution in [2.45, 2.75) is 58.9 Å². The van der Waals surface area contributed by atoms with Crippen molar-refractivity contribution >= 4 is 28.2 Å². The van der Waals surface area contributed by atoms with Crippen LogP contribution in [-0.2, 0) is 11.2 Å². The molecule has 3 aromatic rings. The van der Waals surface area contributed by atoms with Crippen LogP contribution in [0, 0.1) is 6.92 Å². The van der Waals surface area contributed by atoms with E-state index in [2.05, 4.69) is 21.0 Å². The standard InChI is InChI=1S/C26H29F2N3O2.C2H6/c1-16-12-17-4-3-9-30(23(17)14-20(16)25(27)28)24-15-31(19-7-10-33-11-8-19)22-6-5-18(13-21(22)24)26(32)29-2;1-2/h5-6,12-15,19,25H,3-4,7-11H2,1-2H3,(H,29,32);1-2H3. The zero-order chi connectivity index (χ0) is 25.1. The second-order valence-electron chi connectivity index (χ2n) is 8.97. The lowest BCUT2D eigenvalue weighted by molar-refractivity contribution is 0.0707. The summed E-state index contributed by atoms with van der Waals surface area (Å²) in [6.45, 7) is 7.95. The third kappa shape index (κ3) is 4.79. The van der Waals surface area contributed by atoms with Crippen LogP contribution < -0.4 is 10.2 Å². The van der Waals surface area contributed by atoms with E-state index in [0.717, 1.165) is 73.3 Å². The molecule has 35 heavy (non-hydrogen) atoms. The average Bonchev–Trinajstić information content (AvgIpc) is 3.27. The summed E-state index contributed by atoms with van der Waals surface area (Å²) in [7, 11) is 1.62. The number of hydrogen-bond donors (Lipinski definition) is 1. The molecule has 0 unspecified atom stereocenters. The largest absolute Gasteiger partial charge is 0.381 e. The quantitative estimate of drug-likeness (QED) is 0.449. The van der Waals surface area contributed by atoms with E-state index < -0.39 is 6.43 Å². The number of aromatic nitrogens is 1. The van der Waals surface area contributed by atoms with E-state index in [1.807, 2.05) is 38.1 Å². The van der Waals surface area contributed by atoms with E-state index in [1.165, 1.54) is 0 Å². The van der Waals surface area contributed by atoms with E-state index >= 15 is 0 Å². The third-order valence-corrected chi connectivity index (χ3v) is 7.00. The Morgan fingerprint density at radius 2 is 1.86 bits per heavy atom. The van der Waals surface area contributed by atoms with Crippen molar-refractivity contribution in [3.8, 4) is 0 Å². The summed E-state index contributed by atoms with van der Waals surface area (Å²) in [5.74, 6) is -0.142. The first-order valence-electron chi connectivity index (χ1n) is 12.6. The van der Waals surface area contributed by atoms with Gasteiger partial charge in [0.15, 0.2) is 0 Å². The van der Waals surface area contributed by atoms with Gasteiger partial charge in [-0.15, -0.1) is 0 Å². The summed E-state index contributed by atoms with van der Waals surface area (Å²) < 4.78 is 35.3. The Morgan fingerprint density at radius 1 is 1.11 bits per heavy atom. The smallest absolute Gasteiger partial charge is 0.264 e. The van der Waals surface area contributed by atoms with E-state index in [1.54, 1.807) is 20.0 Å². The maximum absolute atomic E-state index is 13.7. The molecule has 0 radical (unpaired) electrons. The van der Waals surface area contributed by atoms with Crippen LogP contribution >= 0.6 is 0 Å². The normalized spacial score (nSPS) is 16.1. The molecule has 0 atom stereocenters. The first-order chi connectivity index (χ1) is 17.0. The Labute approximate surface area is 206 Å². The molecule has 0 spiro atoms. The average molecular weight is 484 g/mol. The number of hydrogen-bond acceptors (Lipinski definition) is 3. The minimum Gasteiger partial charge on any atom is -0.381 e. The van der Waals surface area contributed by atoms with Gasteiger partial charge in [-0.05, 0) is 68.0 Å². The Hall–Kier alpha value is -2.93. The number of rotatable bonds is 4. The Kier molecular flexibility index (Phi) is 7.75. The van der Waals surface area contributed by atoms with Crippen LogP contribution in [-0.4, -0.2) is 37.3 Å². The SMILES string of the molecule is CC.CNC(=O)c1ccc2c(c1)c(N1CCCc3cc(C)c(C(F)F)cc31)cn2C1CCOCC1. The van der Waals surface area contributed by atoms with E-state index in [4.69, 9.17) is 4.74 Å². The summed E-state index contributed by atoms with van der Waals surface area (Å²) in [6.07, 6.45) is 3.29. The van der Waals surface area contributed by atoms with Gasteiger partial charge in [-0.25, -0.2) is 8.78 Å². The molecule has 1 amide bonds. The maximum atomic E-state index is 13.7. The highest BCUT2D eigenvalue weighted by Gasteiger charge is 2.27. The van der Waals surface area contributed by atoms with Crippen molar-refractivity contribution in [1.82, 2.24) is 9.88 Å². The lowest BCUT2D eigenvalue weighted by atomic mass is 9.95. The number of nitrogens with one attached hydrogen (secondary N) is 1. The number of fused-ring (bicyclic) bond motifs is 2. The van der Waals surface area contributed by atoms with Crippen LogP contribution in [0.15, 0.2) is 36.5 Å². The number of halogens is 2. The van der Waals surface area contributed by atoms with Crippen molar-refractivity contribution in [2.75, 3.05) is 31.7 Å². The van der Waals surface area contributed by atoms with Gasteiger partial charge < -0.3 is 19.5 Å². The van der Waals surface area contributed by atoms with Gasteiger partial charge >= 0.3 is 0 Å². The molecular weight excluding hydrogens is 448 g/mol. The Bertz CT molecular complexity index is 1200. The summed E-state index contributed by atoms with van der Waals surface area (Å²) in [5.41, 5.74) is 5.27. The number of alkyl halides is 2. The fourth-order valence-electron chi connectivity index (χ4n) is 5.26. The maximum Gasteiger partial charge on any atom is 0.264 e. The molecule has 7 heteroatoms. The van der Waals surface area contributed by atoms with Gasteiger partial charge in [0.1, 0.15) is 0 Å². The molecule has 1 aromatic heterocycles. The number of nitrogens with zero attached hydrogens (tertiary/aromatic N) is 2. The van der Waals surface area contributed by atoms with E-state index in [0.29, 0.717) is 17.2 Å². The zero-order valence-corrected chi connectivity index (χ0v) is 21.0. The van der Waals surface area contributed by atoms with Crippen molar-refractivity contribution in [3.05, 3.63) is 58.8 Å². The van der Waals surface area contributed by atoms with Crippen molar-refractivity contribution in [2.24, 2.45) is 0 Å². The van der Waals surface area contributed by atoms with Gasteiger partial charge in [0.05, 0.1) is 11.2 Å². The number of amides is 1. The highest BCUT2D eigenvalue weighted by atomic mass is 19.3. The van der Waals surface area contributed by atoms with Gasteiger partial charge in [0.25, 0.3) is 12.3 Å². The van der Waals surface area contributed by atoms with Gasteiger partial charge in [0.2, 0.25) is 0 Å². The molecule has 0 bridgehead atoms. The fraction of sp³-hybridized carbons (Fsp3) is 0.464. The van der Waals surface area contributed by atoms with Gasteiger partial charge in [-0.1, -0.05) is 19.9 Å². The third-order valence-electron chi connectivity index (χ3n) is 7.00. The minimum absolute atomic E-state index is 0.0832. The summed E-state index contributed by atoms with van der Waals surface area (Å²) in [4.78, 5) is 14.5. The molecule has 2 aliphatic heterocycles. The van der Waals surface area contributed by atoms with Crippen molar-refractivity contribution in [3.63, 3.8) is 0 Å². The molecule has 1 saturated heterocycles. The van der Waals surface area contributed by atoms with E-state index in [9.17, 15) is 13.6 Å². The molecule has 5 nitrogen and oxygen atoms in total.